The zero-order valence-corrected chi connectivity index (χ0v) is 21.3. The number of ether oxygens (including phenoxy) is 1. The Morgan fingerprint density at radius 2 is 1.81 bits per heavy atom. The van der Waals surface area contributed by atoms with Gasteiger partial charge in [-0.15, -0.1) is 0 Å². The second-order valence-electron chi connectivity index (χ2n) is 9.87. The summed E-state index contributed by atoms with van der Waals surface area (Å²) in [5.74, 6) is 0.188. The van der Waals surface area contributed by atoms with Gasteiger partial charge in [-0.05, 0) is 79.3 Å². The van der Waals surface area contributed by atoms with Gasteiger partial charge in [-0.2, -0.15) is 0 Å². The van der Waals surface area contributed by atoms with Crippen LogP contribution in [0.2, 0.25) is 0 Å². The van der Waals surface area contributed by atoms with Crippen LogP contribution in [0.4, 0.5) is 10.1 Å². The quantitative estimate of drug-likeness (QED) is 0.440. The minimum Gasteiger partial charge on any atom is -0.481 e. The predicted molar refractivity (Wildman–Crippen MR) is 139 cm³/mol. The van der Waals surface area contributed by atoms with Crippen LogP contribution in [-0.2, 0) is 16.0 Å². The van der Waals surface area contributed by atoms with Gasteiger partial charge in [0.1, 0.15) is 11.6 Å². The number of nitrogens with one attached hydrogen (secondary N) is 1. The maximum Gasteiger partial charge on any atom is 0.265 e. The first-order valence-electron chi connectivity index (χ1n) is 12.4. The fraction of sp³-hybridized carbons (Fsp3) is 0.333. The van der Waals surface area contributed by atoms with Crippen molar-refractivity contribution in [1.29, 1.82) is 0 Å². The van der Waals surface area contributed by atoms with Crippen molar-refractivity contribution in [3.05, 3.63) is 94.8 Å². The molecule has 0 bridgehead atoms. The molecule has 1 aliphatic rings. The summed E-state index contributed by atoms with van der Waals surface area (Å²) in [6.07, 6.45) is 0.390. The Bertz CT molecular complexity index is 1240. The van der Waals surface area contributed by atoms with E-state index in [1.165, 1.54) is 12.1 Å². The standard InChI is InChI=1S/C30H33FN2O3/c1-19(2)16-28(34)33-15-14-22-10-13-26(18-27(22)29(33)23-6-5-7-24(31)17-23)36-21(4)30(35)32-25-11-8-20(3)9-12-25/h5-13,17-19,21,29H,14-16H2,1-4H3,(H,32,35)/t21-,29+/m0/s1. The average Bonchev–Trinajstić information content (AvgIpc) is 2.84. The van der Waals surface area contributed by atoms with Gasteiger partial charge in [0, 0.05) is 18.7 Å². The summed E-state index contributed by atoms with van der Waals surface area (Å²) in [5, 5.41) is 2.87. The van der Waals surface area contributed by atoms with Gasteiger partial charge in [0.25, 0.3) is 5.91 Å². The molecule has 0 fully saturated rings. The molecule has 0 spiro atoms. The summed E-state index contributed by atoms with van der Waals surface area (Å²) in [6.45, 7) is 8.28. The topological polar surface area (TPSA) is 58.6 Å². The van der Waals surface area contributed by atoms with Crippen molar-refractivity contribution in [2.24, 2.45) is 5.92 Å². The lowest BCUT2D eigenvalue weighted by Crippen LogP contribution is -2.41. The lowest BCUT2D eigenvalue weighted by atomic mass is 9.87. The Kier molecular flexibility index (Phi) is 7.73. The van der Waals surface area contributed by atoms with Crippen molar-refractivity contribution >= 4 is 17.5 Å². The van der Waals surface area contributed by atoms with Gasteiger partial charge >= 0.3 is 0 Å². The van der Waals surface area contributed by atoms with E-state index >= 15 is 0 Å². The molecule has 3 aromatic rings. The number of hydrogen-bond donors (Lipinski definition) is 1. The number of halogens is 1. The van der Waals surface area contributed by atoms with Crippen LogP contribution in [-0.4, -0.2) is 29.4 Å². The molecule has 0 saturated carbocycles. The van der Waals surface area contributed by atoms with Gasteiger partial charge in [0.05, 0.1) is 6.04 Å². The van der Waals surface area contributed by atoms with E-state index in [2.05, 4.69) is 5.32 Å². The van der Waals surface area contributed by atoms with Crippen LogP contribution in [0, 0.1) is 18.7 Å². The highest BCUT2D eigenvalue weighted by Crippen LogP contribution is 2.38. The molecule has 36 heavy (non-hydrogen) atoms. The number of aryl methyl sites for hydroxylation is 1. The minimum atomic E-state index is -0.737. The van der Waals surface area contributed by atoms with E-state index in [1.807, 2.05) is 74.2 Å². The SMILES string of the molecule is Cc1ccc(NC(=O)[C@H](C)Oc2ccc3c(c2)[C@@H](c2cccc(F)c2)N(C(=O)CC(C)C)CC3)cc1. The average molecular weight is 489 g/mol. The molecule has 0 radical (unpaired) electrons. The predicted octanol–water partition coefficient (Wildman–Crippen LogP) is 6.06. The first kappa shape index (κ1) is 25.4. The van der Waals surface area contributed by atoms with Crippen molar-refractivity contribution in [3.8, 4) is 5.75 Å². The van der Waals surface area contributed by atoms with Gasteiger partial charge < -0.3 is 15.0 Å². The summed E-state index contributed by atoms with van der Waals surface area (Å²) in [7, 11) is 0. The van der Waals surface area contributed by atoms with Crippen molar-refractivity contribution in [3.63, 3.8) is 0 Å². The normalized spacial score (nSPS) is 15.8. The molecule has 188 valence electrons. The molecule has 4 rings (SSSR count). The second kappa shape index (κ2) is 10.9. The molecule has 1 heterocycles. The molecular weight excluding hydrogens is 455 g/mol. The third-order valence-electron chi connectivity index (χ3n) is 6.41. The molecular formula is C30H33FN2O3. The number of fused-ring (bicyclic) bond motifs is 1. The molecule has 1 N–H and O–H groups in total. The zero-order valence-electron chi connectivity index (χ0n) is 21.3. The third kappa shape index (κ3) is 5.93. The lowest BCUT2D eigenvalue weighted by molar-refractivity contribution is -0.134. The summed E-state index contributed by atoms with van der Waals surface area (Å²) in [5.41, 5.74) is 4.52. The fourth-order valence-corrected chi connectivity index (χ4v) is 4.58. The summed E-state index contributed by atoms with van der Waals surface area (Å²) in [4.78, 5) is 27.8. The number of hydrogen-bond acceptors (Lipinski definition) is 3. The molecule has 0 unspecified atom stereocenters. The first-order chi connectivity index (χ1) is 17.2. The van der Waals surface area contributed by atoms with Gasteiger partial charge in [-0.3, -0.25) is 9.59 Å². The number of amides is 2. The molecule has 6 heteroatoms. The number of rotatable bonds is 7. The van der Waals surface area contributed by atoms with E-state index in [1.54, 1.807) is 13.0 Å². The number of nitrogens with zero attached hydrogens (tertiary/aromatic N) is 1. The van der Waals surface area contributed by atoms with Gasteiger partial charge in [0.15, 0.2) is 6.10 Å². The summed E-state index contributed by atoms with van der Waals surface area (Å²) >= 11 is 0. The largest absolute Gasteiger partial charge is 0.481 e. The summed E-state index contributed by atoms with van der Waals surface area (Å²) < 4.78 is 20.2. The van der Waals surface area contributed by atoms with Crippen LogP contribution in [0.1, 0.15) is 55.5 Å². The summed E-state index contributed by atoms with van der Waals surface area (Å²) in [6, 6.07) is 19.3. The molecule has 5 nitrogen and oxygen atoms in total. The number of carbonyl (C=O) groups excluding carboxylic acids is 2. The van der Waals surface area contributed by atoms with E-state index in [0.29, 0.717) is 30.8 Å². The van der Waals surface area contributed by atoms with Crippen LogP contribution < -0.4 is 10.1 Å². The van der Waals surface area contributed by atoms with Crippen LogP contribution in [0.25, 0.3) is 0 Å². The van der Waals surface area contributed by atoms with Crippen LogP contribution in [0.3, 0.4) is 0 Å². The maximum atomic E-state index is 14.2. The number of benzene rings is 3. The molecule has 2 amide bonds. The Balaban J connectivity index is 1.60. The molecule has 0 aliphatic carbocycles. The molecule has 0 saturated heterocycles. The third-order valence-corrected chi connectivity index (χ3v) is 6.41. The Hall–Kier alpha value is -3.67. The first-order valence-corrected chi connectivity index (χ1v) is 12.4. The van der Waals surface area contributed by atoms with Gasteiger partial charge in [0.2, 0.25) is 5.91 Å². The van der Waals surface area contributed by atoms with Gasteiger partial charge in [-0.1, -0.05) is 49.7 Å². The van der Waals surface area contributed by atoms with Crippen LogP contribution in [0.5, 0.6) is 5.75 Å². The van der Waals surface area contributed by atoms with Crippen molar-refractivity contribution in [1.82, 2.24) is 4.90 Å². The maximum absolute atomic E-state index is 14.2. The zero-order chi connectivity index (χ0) is 25.8. The Labute approximate surface area is 212 Å². The van der Waals surface area contributed by atoms with E-state index < -0.39 is 12.1 Å². The minimum absolute atomic E-state index is 0.0436. The van der Waals surface area contributed by atoms with Crippen molar-refractivity contribution in [2.45, 2.75) is 52.7 Å². The van der Waals surface area contributed by atoms with Crippen molar-refractivity contribution < 1.29 is 18.7 Å². The smallest absolute Gasteiger partial charge is 0.265 e. The number of anilines is 1. The molecule has 3 aromatic carbocycles. The van der Waals surface area contributed by atoms with Crippen LogP contribution in [0.15, 0.2) is 66.7 Å². The highest BCUT2D eigenvalue weighted by Gasteiger charge is 2.33. The monoisotopic (exact) mass is 488 g/mol. The highest BCUT2D eigenvalue weighted by molar-refractivity contribution is 5.94. The van der Waals surface area contributed by atoms with Gasteiger partial charge in [-0.25, -0.2) is 4.39 Å². The molecule has 2 atom stereocenters. The molecule has 1 aliphatic heterocycles. The van der Waals surface area contributed by atoms with E-state index in [-0.39, 0.29) is 23.5 Å². The fourth-order valence-electron chi connectivity index (χ4n) is 4.58. The van der Waals surface area contributed by atoms with E-state index in [9.17, 15) is 14.0 Å². The number of carbonyl (C=O) groups is 2. The van der Waals surface area contributed by atoms with E-state index in [0.717, 1.165) is 22.3 Å². The second-order valence-corrected chi connectivity index (χ2v) is 9.87. The Morgan fingerprint density at radius 1 is 1.06 bits per heavy atom. The van der Waals surface area contributed by atoms with E-state index in [4.69, 9.17) is 4.74 Å². The molecule has 0 aromatic heterocycles. The van der Waals surface area contributed by atoms with Crippen molar-refractivity contribution in [2.75, 3.05) is 11.9 Å². The lowest BCUT2D eigenvalue weighted by Gasteiger charge is -2.38. The highest BCUT2D eigenvalue weighted by atomic mass is 19.1. The Morgan fingerprint density at radius 3 is 2.50 bits per heavy atom. The van der Waals surface area contributed by atoms with Crippen LogP contribution >= 0.6 is 0 Å².